The molecule has 0 saturated carbocycles. The number of nitriles is 1. The third kappa shape index (κ3) is 3.31. The van der Waals surface area contributed by atoms with Gasteiger partial charge >= 0.3 is 5.97 Å². The minimum atomic E-state index is -1.19. The zero-order chi connectivity index (χ0) is 12.8. The van der Waals surface area contributed by atoms with Crippen molar-refractivity contribution in [2.75, 3.05) is 0 Å². The number of benzene rings is 1. The van der Waals surface area contributed by atoms with Gasteiger partial charge in [-0.2, -0.15) is 5.26 Å². The Morgan fingerprint density at radius 1 is 1.41 bits per heavy atom. The van der Waals surface area contributed by atoms with Crippen molar-refractivity contribution in [1.29, 1.82) is 5.26 Å². The zero-order valence-electron chi connectivity index (χ0n) is 9.33. The number of carbonyl (C=O) groups excluding carboxylic acids is 1. The number of hydrogen-bond acceptors (Lipinski definition) is 3. The minimum Gasteiger partial charge on any atom is -0.480 e. The Hall–Kier alpha value is -2.35. The van der Waals surface area contributed by atoms with E-state index in [2.05, 4.69) is 0 Å². The highest BCUT2D eigenvalue weighted by molar-refractivity contribution is 5.83. The van der Waals surface area contributed by atoms with Crippen molar-refractivity contribution in [1.82, 2.24) is 4.90 Å². The predicted molar refractivity (Wildman–Crippen MR) is 59.7 cm³/mol. The summed E-state index contributed by atoms with van der Waals surface area (Å²) >= 11 is 0. The normalized spacial score (nSPS) is 11.3. The smallest absolute Gasteiger partial charge is 0.328 e. The lowest BCUT2D eigenvalue weighted by molar-refractivity contribution is -0.146. The van der Waals surface area contributed by atoms with E-state index in [0.29, 0.717) is 4.90 Å². The van der Waals surface area contributed by atoms with Gasteiger partial charge in [0.1, 0.15) is 6.04 Å². The van der Waals surface area contributed by atoms with Crippen molar-refractivity contribution >= 4 is 11.9 Å². The number of nitrogens with zero attached hydrogens (tertiary/aromatic N) is 2. The first kappa shape index (κ1) is 12.7. The average molecular weight is 232 g/mol. The highest BCUT2D eigenvalue weighted by Crippen LogP contribution is 2.09. The molecule has 0 heterocycles. The minimum absolute atomic E-state index is 0.114. The summed E-state index contributed by atoms with van der Waals surface area (Å²) in [6.45, 7) is 1.17. The van der Waals surface area contributed by atoms with E-state index in [-0.39, 0.29) is 6.42 Å². The molecular weight excluding hydrogens is 220 g/mol. The van der Waals surface area contributed by atoms with Gasteiger partial charge in [0.25, 0.3) is 0 Å². The van der Waals surface area contributed by atoms with Gasteiger partial charge in [-0.05, 0) is 5.56 Å². The molecule has 88 valence electrons. The van der Waals surface area contributed by atoms with Crippen molar-refractivity contribution < 1.29 is 14.7 Å². The van der Waals surface area contributed by atoms with Crippen molar-refractivity contribution in [3.8, 4) is 6.19 Å². The molecule has 5 nitrogen and oxygen atoms in total. The summed E-state index contributed by atoms with van der Waals surface area (Å²) < 4.78 is 0. The Bertz CT molecular complexity index is 451. The van der Waals surface area contributed by atoms with Gasteiger partial charge in [0.05, 0.1) is 0 Å². The molecule has 0 aliphatic heterocycles. The number of carboxylic acids is 1. The number of carboxylic acid groups (broad SMARTS) is 1. The molecule has 1 rings (SSSR count). The van der Waals surface area contributed by atoms with Crippen molar-refractivity contribution in [2.45, 2.75) is 19.4 Å². The number of amides is 1. The molecule has 1 unspecified atom stereocenters. The number of carbonyl (C=O) groups is 2. The highest BCUT2D eigenvalue weighted by Gasteiger charge is 2.27. The van der Waals surface area contributed by atoms with Gasteiger partial charge in [-0.1, -0.05) is 30.3 Å². The fraction of sp³-hybridized carbons (Fsp3) is 0.250. The lowest BCUT2D eigenvalue weighted by Crippen LogP contribution is -2.42. The second-order valence-electron chi connectivity index (χ2n) is 3.53. The summed E-state index contributed by atoms with van der Waals surface area (Å²) in [4.78, 5) is 22.9. The Morgan fingerprint density at radius 2 is 2.00 bits per heavy atom. The van der Waals surface area contributed by atoms with Crippen LogP contribution in [0.3, 0.4) is 0 Å². The Morgan fingerprint density at radius 3 is 2.41 bits per heavy atom. The Labute approximate surface area is 98.9 Å². The van der Waals surface area contributed by atoms with E-state index in [1.54, 1.807) is 30.5 Å². The first-order valence-electron chi connectivity index (χ1n) is 5.02. The maximum Gasteiger partial charge on any atom is 0.328 e. The molecule has 17 heavy (non-hydrogen) atoms. The van der Waals surface area contributed by atoms with Crippen LogP contribution in [0.1, 0.15) is 12.5 Å². The summed E-state index contributed by atoms with van der Waals surface area (Å²) in [5, 5.41) is 17.8. The van der Waals surface area contributed by atoms with E-state index in [4.69, 9.17) is 10.4 Å². The van der Waals surface area contributed by atoms with E-state index in [9.17, 15) is 9.59 Å². The third-order valence-corrected chi connectivity index (χ3v) is 2.32. The standard InChI is InChI=1S/C12H12N2O3/c1-9(15)14(8-13)11(12(16)17)7-10-5-3-2-4-6-10/h2-6,11H,7H2,1H3,(H,16,17). The fourth-order valence-electron chi connectivity index (χ4n) is 1.49. The molecule has 0 aliphatic rings. The molecule has 0 aliphatic carbocycles. The Kier molecular flexibility index (Phi) is 4.23. The highest BCUT2D eigenvalue weighted by atomic mass is 16.4. The molecule has 1 aromatic carbocycles. The van der Waals surface area contributed by atoms with Gasteiger partial charge in [0.15, 0.2) is 6.19 Å². The lowest BCUT2D eigenvalue weighted by atomic mass is 10.1. The summed E-state index contributed by atoms with van der Waals surface area (Å²) in [7, 11) is 0. The van der Waals surface area contributed by atoms with Crippen LogP contribution in [-0.4, -0.2) is 27.9 Å². The summed E-state index contributed by atoms with van der Waals surface area (Å²) in [5.74, 6) is -1.76. The van der Waals surface area contributed by atoms with E-state index in [1.807, 2.05) is 6.07 Å². The lowest BCUT2D eigenvalue weighted by Gasteiger charge is -2.20. The molecule has 5 heteroatoms. The van der Waals surface area contributed by atoms with Crippen LogP contribution in [0.4, 0.5) is 0 Å². The molecule has 1 N–H and O–H groups in total. The third-order valence-electron chi connectivity index (χ3n) is 2.32. The molecule has 1 amide bonds. The van der Waals surface area contributed by atoms with Gasteiger partial charge < -0.3 is 5.11 Å². The summed E-state index contributed by atoms with van der Waals surface area (Å²) in [5.41, 5.74) is 0.765. The molecule has 0 spiro atoms. The number of aliphatic carboxylic acids is 1. The maximum atomic E-state index is 11.2. The van der Waals surface area contributed by atoms with Crippen molar-refractivity contribution in [3.05, 3.63) is 35.9 Å². The maximum absolute atomic E-state index is 11.2. The van der Waals surface area contributed by atoms with Crippen LogP contribution < -0.4 is 0 Å². The molecular formula is C12H12N2O3. The first-order chi connectivity index (χ1) is 8.06. The van der Waals surface area contributed by atoms with Gasteiger partial charge in [0.2, 0.25) is 5.91 Å². The molecule has 0 aromatic heterocycles. The van der Waals surface area contributed by atoms with Gasteiger partial charge in [0, 0.05) is 13.3 Å². The van der Waals surface area contributed by atoms with E-state index in [1.165, 1.54) is 6.92 Å². The van der Waals surface area contributed by atoms with E-state index < -0.39 is 17.9 Å². The Balaban J connectivity index is 2.92. The second-order valence-corrected chi connectivity index (χ2v) is 3.53. The topological polar surface area (TPSA) is 81.4 Å². The van der Waals surface area contributed by atoms with Crippen LogP contribution in [0.5, 0.6) is 0 Å². The quantitative estimate of drug-likeness (QED) is 0.620. The largest absolute Gasteiger partial charge is 0.480 e. The van der Waals surface area contributed by atoms with Crippen LogP contribution in [0, 0.1) is 11.5 Å². The van der Waals surface area contributed by atoms with Crippen LogP contribution in [0.2, 0.25) is 0 Å². The number of rotatable bonds is 4. The monoisotopic (exact) mass is 232 g/mol. The zero-order valence-corrected chi connectivity index (χ0v) is 9.33. The summed E-state index contributed by atoms with van der Waals surface area (Å²) in [6.07, 6.45) is 1.72. The van der Waals surface area contributed by atoms with Crippen LogP contribution >= 0.6 is 0 Å². The first-order valence-corrected chi connectivity index (χ1v) is 5.02. The predicted octanol–water partition coefficient (Wildman–Crippen LogP) is 1.01. The SMILES string of the molecule is CC(=O)N(C#N)C(Cc1ccccc1)C(=O)O. The van der Waals surface area contributed by atoms with Gasteiger partial charge in [-0.25, -0.2) is 9.69 Å². The van der Waals surface area contributed by atoms with Crippen LogP contribution in [0.15, 0.2) is 30.3 Å². The second kappa shape index (κ2) is 5.66. The van der Waals surface area contributed by atoms with Gasteiger partial charge in [-0.3, -0.25) is 4.79 Å². The average Bonchev–Trinajstić information content (AvgIpc) is 2.29. The van der Waals surface area contributed by atoms with E-state index >= 15 is 0 Å². The molecule has 0 bridgehead atoms. The van der Waals surface area contributed by atoms with Gasteiger partial charge in [-0.15, -0.1) is 0 Å². The molecule has 0 radical (unpaired) electrons. The van der Waals surface area contributed by atoms with E-state index in [0.717, 1.165) is 5.56 Å². The fourth-order valence-corrected chi connectivity index (χ4v) is 1.49. The van der Waals surface area contributed by atoms with Crippen molar-refractivity contribution in [2.24, 2.45) is 0 Å². The molecule has 1 aromatic rings. The molecule has 0 saturated heterocycles. The van der Waals surface area contributed by atoms with Crippen molar-refractivity contribution in [3.63, 3.8) is 0 Å². The molecule has 0 fully saturated rings. The number of hydrogen-bond donors (Lipinski definition) is 1. The van der Waals surface area contributed by atoms with Crippen LogP contribution in [0.25, 0.3) is 0 Å². The molecule has 1 atom stereocenters. The summed E-state index contributed by atoms with van der Waals surface area (Å²) in [6, 6.07) is 7.72. The van der Waals surface area contributed by atoms with Crippen LogP contribution in [-0.2, 0) is 16.0 Å².